The lowest BCUT2D eigenvalue weighted by molar-refractivity contribution is -0.152. The third kappa shape index (κ3) is 8.69. The van der Waals surface area contributed by atoms with Crippen LogP contribution in [-0.4, -0.2) is 74.4 Å². The highest BCUT2D eigenvalue weighted by molar-refractivity contribution is 5.97. The number of benzene rings is 2. The number of hydrogen-bond acceptors (Lipinski definition) is 10. The third-order valence-electron chi connectivity index (χ3n) is 7.32. The van der Waals surface area contributed by atoms with Gasteiger partial charge in [0.1, 0.15) is 35.4 Å². The van der Waals surface area contributed by atoms with E-state index < -0.39 is 42.1 Å². The van der Waals surface area contributed by atoms with Crippen LogP contribution in [0.1, 0.15) is 66.8 Å². The van der Waals surface area contributed by atoms with E-state index in [0.717, 1.165) is 0 Å². The molecule has 5 atom stereocenters. The molecule has 0 spiro atoms. The SMILES string of the molecule is COCOc1cc(OCCCO)cc2c1C(=O)O[C@@H](C)[C@H](C)/C=C\C(OC(=O)c1ccccc1)[C@H]1OC(C)(C)O[C@H]1C/C=C/2. The molecule has 4 rings (SSSR count). The van der Waals surface area contributed by atoms with Crippen molar-refractivity contribution in [1.82, 2.24) is 0 Å². The van der Waals surface area contributed by atoms with Crippen LogP contribution < -0.4 is 9.47 Å². The Balaban J connectivity index is 1.73. The fourth-order valence-electron chi connectivity index (χ4n) is 4.95. The van der Waals surface area contributed by atoms with Crippen molar-refractivity contribution in [2.24, 2.45) is 5.92 Å². The Morgan fingerprint density at radius 2 is 1.84 bits per heavy atom. The van der Waals surface area contributed by atoms with Gasteiger partial charge in [-0.3, -0.25) is 0 Å². The highest BCUT2D eigenvalue weighted by Crippen LogP contribution is 2.36. The quantitative estimate of drug-likeness (QED) is 0.173. The minimum Gasteiger partial charge on any atom is -0.493 e. The molecule has 238 valence electrons. The molecule has 10 heteroatoms. The number of hydrogen-bond donors (Lipinski definition) is 1. The summed E-state index contributed by atoms with van der Waals surface area (Å²) < 4.78 is 41.2. The van der Waals surface area contributed by atoms with Crippen molar-refractivity contribution in [3.05, 3.63) is 77.4 Å². The van der Waals surface area contributed by atoms with E-state index in [4.69, 9.17) is 33.2 Å². The number of aliphatic hydroxyl groups is 1. The molecule has 0 aromatic heterocycles. The van der Waals surface area contributed by atoms with Gasteiger partial charge in [0, 0.05) is 32.1 Å². The number of aliphatic hydroxyl groups excluding tert-OH is 1. The van der Waals surface area contributed by atoms with Gasteiger partial charge in [-0.15, -0.1) is 0 Å². The van der Waals surface area contributed by atoms with Gasteiger partial charge in [0.2, 0.25) is 0 Å². The van der Waals surface area contributed by atoms with E-state index in [-0.39, 0.29) is 37.2 Å². The summed E-state index contributed by atoms with van der Waals surface area (Å²) >= 11 is 0. The molecule has 0 saturated carbocycles. The summed E-state index contributed by atoms with van der Waals surface area (Å²) in [4.78, 5) is 26.7. The van der Waals surface area contributed by atoms with Gasteiger partial charge in [0.05, 0.1) is 18.3 Å². The van der Waals surface area contributed by atoms with Crippen LogP contribution >= 0.6 is 0 Å². The molecule has 1 fully saturated rings. The average molecular weight is 611 g/mol. The van der Waals surface area contributed by atoms with E-state index in [0.29, 0.717) is 29.7 Å². The lowest BCUT2D eigenvalue weighted by Gasteiger charge is -2.25. The van der Waals surface area contributed by atoms with E-state index in [1.165, 1.54) is 7.11 Å². The molecule has 2 aliphatic heterocycles. The molecule has 0 bridgehead atoms. The monoisotopic (exact) mass is 610 g/mol. The molecule has 0 radical (unpaired) electrons. The van der Waals surface area contributed by atoms with Crippen molar-refractivity contribution >= 4 is 18.0 Å². The summed E-state index contributed by atoms with van der Waals surface area (Å²) in [6, 6.07) is 12.1. The van der Waals surface area contributed by atoms with Gasteiger partial charge in [-0.05, 0) is 57.0 Å². The number of cyclic esters (lactones) is 1. The second-order valence-electron chi connectivity index (χ2n) is 11.2. The van der Waals surface area contributed by atoms with Gasteiger partial charge >= 0.3 is 11.9 Å². The number of methoxy groups -OCH3 is 1. The summed E-state index contributed by atoms with van der Waals surface area (Å²) in [5.41, 5.74) is 1.16. The normalized spacial score (nSPS) is 26.3. The van der Waals surface area contributed by atoms with Crippen LogP contribution in [0.5, 0.6) is 11.5 Å². The maximum atomic E-state index is 13.6. The first kappa shape index (κ1) is 33.2. The minimum atomic E-state index is -0.923. The summed E-state index contributed by atoms with van der Waals surface area (Å²) in [5, 5.41) is 9.20. The molecule has 2 aromatic rings. The summed E-state index contributed by atoms with van der Waals surface area (Å²) in [6.45, 7) is 7.51. The van der Waals surface area contributed by atoms with Crippen LogP contribution in [0.3, 0.4) is 0 Å². The zero-order valence-corrected chi connectivity index (χ0v) is 25.9. The zero-order chi connectivity index (χ0) is 31.7. The van der Waals surface area contributed by atoms with E-state index in [9.17, 15) is 14.7 Å². The van der Waals surface area contributed by atoms with Gasteiger partial charge < -0.3 is 38.3 Å². The van der Waals surface area contributed by atoms with Crippen LogP contribution in [0.15, 0.2) is 60.7 Å². The van der Waals surface area contributed by atoms with Crippen LogP contribution in [-0.2, 0) is 23.7 Å². The van der Waals surface area contributed by atoms with Crippen LogP contribution in [0.4, 0.5) is 0 Å². The highest BCUT2D eigenvalue weighted by atomic mass is 16.8. The zero-order valence-electron chi connectivity index (χ0n) is 25.9. The molecule has 2 aromatic carbocycles. The van der Waals surface area contributed by atoms with Crippen LogP contribution in [0.25, 0.3) is 6.08 Å². The van der Waals surface area contributed by atoms with E-state index in [2.05, 4.69) is 0 Å². The van der Waals surface area contributed by atoms with Crippen molar-refractivity contribution in [3.8, 4) is 11.5 Å². The molecule has 1 saturated heterocycles. The smallest absolute Gasteiger partial charge is 0.342 e. The molecule has 2 aliphatic rings. The van der Waals surface area contributed by atoms with Gasteiger partial charge in [0.15, 0.2) is 12.6 Å². The molecule has 10 nitrogen and oxygen atoms in total. The van der Waals surface area contributed by atoms with E-state index in [1.807, 2.05) is 39.0 Å². The first-order valence-corrected chi connectivity index (χ1v) is 14.8. The topological polar surface area (TPSA) is 119 Å². The van der Waals surface area contributed by atoms with Crippen LogP contribution in [0.2, 0.25) is 0 Å². The summed E-state index contributed by atoms with van der Waals surface area (Å²) in [7, 11) is 1.49. The van der Waals surface area contributed by atoms with Crippen LogP contribution in [0, 0.1) is 5.92 Å². The summed E-state index contributed by atoms with van der Waals surface area (Å²) in [6.07, 6.45) is 5.70. The maximum Gasteiger partial charge on any atom is 0.342 e. The lowest BCUT2D eigenvalue weighted by Crippen LogP contribution is -2.37. The minimum absolute atomic E-state index is 0.0165. The Bertz CT molecular complexity index is 1320. The number of fused-ring (bicyclic) bond motifs is 2. The van der Waals surface area contributed by atoms with Gasteiger partial charge in [-0.1, -0.05) is 43.4 Å². The van der Waals surface area contributed by atoms with Crippen molar-refractivity contribution in [3.63, 3.8) is 0 Å². The largest absolute Gasteiger partial charge is 0.493 e. The lowest BCUT2D eigenvalue weighted by atomic mass is 9.98. The fourth-order valence-corrected chi connectivity index (χ4v) is 4.95. The fraction of sp³-hybridized carbons (Fsp3) is 0.471. The number of rotatable bonds is 9. The van der Waals surface area contributed by atoms with Crippen molar-refractivity contribution in [1.29, 1.82) is 0 Å². The maximum absolute atomic E-state index is 13.6. The molecule has 0 aliphatic carbocycles. The molecule has 44 heavy (non-hydrogen) atoms. The standard InChI is InChI=1S/C34H42O10/c1-22-15-16-27(42-32(36)24-11-7-6-8-12-24)31-28(43-34(3,4)44-31)14-9-13-25-19-26(39-18-10-17-35)20-29(40-21-38-5)30(25)33(37)41-23(22)2/h6-9,11-13,15-16,19-20,22-23,27-28,31,35H,10,14,17-18,21H2,1-5H3/b13-9+,16-15-/t22-,23+,27?,28+,31-/m1/s1. The number of carbonyl (C=O) groups is 2. The Labute approximate surface area is 258 Å². The van der Waals surface area contributed by atoms with Crippen molar-refractivity contribution in [2.75, 3.05) is 27.1 Å². The second kappa shape index (κ2) is 15.3. The van der Waals surface area contributed by atoms with Gasteiger partial charge in [0.25, 0.3) is 0 Å². The second-order valence-corrected chi connectivity index (χ2v) is 11.2. The van der Waals surface area contributed by atoms with Crippen molar-refractivity contribution in [2.45, 2.75) is 70.7 Å². The molecular weight excluding hydrogens is 568 g/mol. The summed E-state index contributed by atoms with van der Waals surface area (Å²) in [5.74, 6) is -1.53. The number of esters is 2. The Morgan fingerprint density at radius 1 is 1.07 bits per heavy atom. The Kier molecular flexibility index (Phi) is 11.6. The average Bonchev–Trinajstić information content (AvgIpc) is 3.31. The first-order valence-electron chi connectivity index (χ1n) is 14.8. The molecular formula is C34H42O10. The van der Waals surface area contributed by atoms with Gasteiger partial charge in [-0.25, -0.2) is 9.59 Å². The van der Waals surface area contributed by atoms with E-state index in [1.54, 1.807) is 55.5 Å². The third-order valence-corrected chi connectivity index (χ3v) is 7.32. The van der Waals surface area contributed by atoms with Gasteiger partial charge in [-0.2, -0.15) is 0 Å². The number of carbonyl (C=O) groups excluding carboxylic acids is 2. The molecule has 1 unspecified atom stereocenters. The predicted octanol–water partition coefficient (Wildman–Crippen LogP) is 5.33. The van der Waals surface area contributed by atoms with Crippen molar-refractivity contribution < 1.29 is 47.9 Å². The molecule has 2 heterocycles. The first-order chi connectivity index (χ1) is 21.1. The Morgan fingerprint density at radius 3 is 2.57 bits per heavy atom. The number of ether oxygens (including phenoxy) is 7. The highest BCUT2D eigenvalue weighted by Gasteiger charge is 2.45. The molecule has 1 N–H and O–H groups in total. The molecule has 0 amide bonds. The van der Waals surface area contributed by atoms with E-state index >= 15 is 0 Å². The predicted molar refractivity (Wildman–Crippen MR) is 162 cm³/mol. The Hall–Kier alpha value is -3.70.